The van der Waals surface area contributed by atoms with E-state index in [1.165, 1.54) is 42.4 Å². The fourth-order valence-corrected chi connectivity index (χ4v) is 3.29. The maximum Gasteiger partial charge on any atom is 0.135 e. The molecular weight excluding hydrogens is 272 g/mol. The van der Waals surface area contributed by atoms with Crippen molar-refractivity contribution < 1.29 is 0 Å². The third-order valence-corrected chi connectivity index (χ3v) is 4.30. The van der Waals surface area contributed by atoms with Crippen molar-refractivity contribution in [3.63, 3.8) is 0 Å². The lowest BCUT2D eigenvalue weighted by atomic mass is 10.1. The van der Waals surface area contributed by atoms with E-state index < -0.39 is 0 Å². The Bertz CT molecular complexity index is 637. The van der Waals surface area contributed by atoms with Crippen molar-refractivity contribution in [2.24, 2.45) is 0 Å². The Morgan fingerprint density at radius 1 is 0.909 bits per heavy atom. The molecule has 1 aromatic carbocycles. The summed E-state index contributed by atoms with van der Waals surface area (Å²) in [6.45, 7) is 6.38. The molecule has 22 heavy (non-hydrogen) atoms. The zero-order chi connectivity index (χ0) is 15.5. The van der Waals surface area contributed by atoms with Crippen molar-refractivity contribution in [2.75, 3.05) is 10.6 Å². The van der Waals surface area contributed by atoms with Gasteiger partial charge in [0.15, 0.2) is 0 Å². The predicted molar refractivity (Wildman–Crippen MR) is 91.8 cm³/mol. The van der Waals surface area contributed by atoms with Crippen LogP contribution in [0.15, 0.2) is 24.5 Å². The minimum Gasteiger partial charge on any atom is -0.367 e. The zero-order valence-electron chi connectivity index (χ0n) is 13.6. The molecule has 0 unspecified atom stereocenters. The van der Waals surface area contributed by atoms with Crippen molar-refractivity contribution in [1.82, 2.24) is 9.97 Å². The van der Waals surface area contributed by atoms with Crippen molar-refractivity contribution >= 4 is 17.3 Å². The average molecular weight is 296 g/mol. The third-order valence-electron chi connectivity index (χ3n) is 4.30. The van der Waals surface area contributed by atoms with Gasteiger partial charge in [-0.1, -0.05) is 30.5 Å². The van der Waals surface area contributed by atoms with Crippen LogP contribution in [0.3, 0.4) is 0 Å². The van der Waals surface area contributed by atoms with E-state index in [0.717, 1.165) is 17.3 Å². The molecule has 0 amide bonds. The maximum atomic E-state index is 4.35. The van der Waals surface area contributed by atoms with Gasteiger partial charge in [0.05, 0.1) is 0 Å². The van der Waals surface area contributed by atoms with Gasteiger partial charge in [0.2, 0.25) is 0 Å². The number of hydrogen-bond donors (Lipinski definition) is 2. The van der Waals surface area contributed by atoms with Crippen LogP contribution in [0, 0.1) is 20.8 Å². The molecule has 2 aromatic rings. The second kappa shape index (κ2) is 6.34. The van der Waals surface area contributed by atoms with Crippen molar-refractivity contribution in [1.29, 1.82) is 0 Å². The summed E-state index contributed by atoms with van der Waals surface area (Å²) in [6.07, 6.45) is 6.73. The van der Waals surface area contributed by atoms with E-state index in [4.69, 9.17) is 0 Å². The summed E-state index contributed by atoms with van der Waals surface area (Å²) in [4.78, 5) is 8.69. The number of nitrogens with one attached hydrogen (secondary N) is 2. The van der Waals surface area contributed by atoms with Crippen molar-refractivity contribution in [3.8, 4) is 0 Å². The first-order valence-electron chi connectivity index (χ1n) is 8.05. The molecule has 1 saturated carbocycles. The van der Waals surface area contributed by atoms with Crippen molar-refractivity contribution in [2.45, 2.75) is 52.5 Å². The van der Waals surface area contributed by atoms with Crippen LogP contribution >= 0.6 is 0 Å². The van der Waals surface area contributed by atoms with Crippen LogP contribution in [0.4, 0.5) is 17.3 Å². The predicted octanol–water partition coefficient (Wildman–Crippen LogP) is 4.50. The minimum atomic E-state index is 0.561. The summed E-state index contributed by atoms with van der Waals surface area (Å²) in [7, 11) is 0. The van der Waals surface area contributed by atoms with Gasteiger partial charge in [0.25, 0.3) is 0 Å². The standard InChI is InChI=1S/C18H24N4/c1-12-8-13(2)18(14(3)9-12)22-17-10-16(19-11-20-17)21-15-6-4-5-7-15/h8-11,15H,4-7H2,1-3H3,(H2,19,20,21,22). The summed E-state index contributed by atoms with van der Waals surface area (Å²) < 4.78 is 0. The zero-order valence-corrected chi connectivity index (χ0v) is 13.6. The van der Waals surface area contributed by atoms with E-state index in [1.54, 1.807) is 6.33 Å². The van der Waals surface area contributed by atoms with Crippen LogP contribution in [0.2, 0.25) is 0 Å². The second-order valence-electron chi connectivity index (χ2n) is 6.31. The molecule has 116 valence electrons. The van der Waals surface area contributed by atoms with Crippen molar-refractivity contribution in [3.05, 3.63) is 41.2 Å². The molecule has 1 heterocycles. The Kier molecular flexibility index (Phi) is 4.27. The number of aromatic nitrogens is 2. The molecule has 4 nitrogen and oxygen atoms in total. The first-order valence-corrected chi connectivity index (χ1v) is 8.05. The van der Waals surface area contributed by atoms with E-state index in [9.17, 15) is 0 Å². The quantitative estimate of drug-likeness (QED) is 0.872. The lowest BCUT2D eigenvalue weighted by molar-refractivity contribution is 0.750. The first kappa shape index (κ1) is 14.8. The molecule has 3 rings (SSSR count). The minimum absolute atomic E-state index is 0.561. The summed E-state index contributed by atoms with van der Waals surface area (Å²) >= 11 is 0. The largest absolute Gasteiger partial charge is 0.367 e. The number of benzene rings is 1. The van der Waals surface area contributed by atoms with Gasteiger partial charge in [0.1, 0.15) is 18.0 Å². The number of nitrogens with zero attached hydrogens (tertiary/aromatic N) is 2. The molecular formula is C18H24N4. The molecule has 1 aromatic heterocycles. The molecule has 2 N–H and O–H groups in total. The lowest BCUT2D eigenvalue weighted by Gasteiger charge is -2.15. The monoisotopic (exact) mass is 296 g/mol. The molecule has 0 spiro atoms. The molecule has 0 saturated heterocycles. The Morgan fingerprint density at radius 3 is 2.23 bits per heavy atom. The smallest absolute Gasteiger partial charge is 0.135 e. The molecule has 1 fully saturated rings. The summed E-state index contributed by atoms with van der Waals surface area (Å²) in [5.41, 5.74) is 4.89. The van der Waals surface area contributed by atoms with Gasteiger partial charge in [-0.25, -0.2) is 9.97 Å². The Labute approximate surface area is 132 Å². The number of aryl methyl sites for hydroxylation is 3. The van der Waals surface area contributed by atoms with Gasteiger partial charge in [-0.3, -0.25) is 0 Å². The normalized spacial score (nSPS) is 15.0. The van der Waals surface area contributed by atoms with Gasteiger partial charge in [-0.05, 0) is 44.7 Å². The fourth-order valence-electron chi connectivity index (χ4n) is 3.29. The summed E-state index contributed by atoms with van der Waals surface area (Å²) in [5.74, 6) is 1.75. The van der Waals surface area contributed by atoms with Gasteiger partial charge in [-0.2, -0.15) is 0 Å². The molecule has 0 bridgehead atoms. The highest BCUT2D eigenvalue weighted by atomic mass is 15.1. The number of rotatable bonds is 4. The number of anilines is 3. The molecule has 4 heteroatoms. The molecule has 0 atom stereocenters. The lowest BCUT2D eigenvalue weighted by Crippen LogP contribution is -2.15. The summed E-state index contributed by atoms with van der Waals surface area (Å²) in [6, 6.07) is 6.94. The van der Waals surface area contributed by atoms with E-state index in [-0.39, 0.29) is 0 Å². The average Bonchev–Trinajstić information content (AvgIpc) is 2.96. The second-order valence-corrected chi connectivity index (χ2v) is 6.31. The first-order chi connectivity index (χ1) is 10.6. The Morgan fingerprint density at radius 2 is 1.55 bits per heavy atom. The van der Waals surface area contributed by atoms with E-state index in [0.29, 0.717) is 6.04 Å². The van der Waals surface area contributed by atoms with Gasteiger partial charge in [-0.15, -0.1) is 0 Å². The summed E-state index contributed by atoms with van der Waals surface area (Å²) in [5, 5.41) is 6.96. The highest BCUT2D eigenvalue weighted by molar-refractivity contribution is 5.66. The molecule has 0 radical (unpaired) electrons. The molecule has 1 aliphatic rings. The molecule has 0 aliphatic heterocycles. The number of hydrogen-bond acceptors (Lipinski definition) is 4. The van der Waals surface area contributed by atoms with Gasteiger partial charge < -0.3 is 10.6 Å². The van der Waals surface area contributed by atoms with E-state index >= 15 is 0 Å². The Balaban J connectivity index is 1.78. The highest BCUT2D eigenvalue weighted by Crippen LogP contribution is 2.26. The Hall–Kier alpha value is -2.10. The topological polar surface area (TPSA) is 49.8 Å². The highest BCUT2D eigenvalue weighted by Gasteiger charge is 2.15. The third kappa shape index (κ3) is 3.38. The SMILES string of the molecule is Cc1cc(C)c(Nc2cc(NC3CCCC3)ncn2)c(C)c1. The van der Waals surface area contributed by atoms with E-state index in [2.05, 4.69) is 53.5 Å². The fraction of sp³-hybridized carbons (Fsp3) is 0.444. The van der Waals surface area contributed by atoms with Gasteiger partial charge in [0, 0.05) is 17.8 Å². The van der Waals surface area contributed by atoms with Crippen LogP contribution in [-0.4, -0.2) is 16.0 Å². The maximum absolute atomic E-state index is 4.35. The van der Waals surface area contributed by atoms with Gasteiger partial charge >= 0.3 is 0 Å². The van der Waals surface area contributed by atoms with Crippen LogP contribution in [-0.2, 0) is 0 Å². The van der Waals surface area contributed by atoms with Crippen LogP contribution in [0.5, 0.6) is 0 Å². The molecule has 1 aliphatic carbocycles. The van der Waals surface area contributed by atoms with Crippen LogP contribution < -0.4 is 10.6 Å². The van der Waals surface area contributed by atoms with E-state index in [1.807, 2.05) is 6.07 Å². The van der Waals surface area contributed by atoms with Crippen LogP contribution in [0.25, 0.3) is 0 Å². The van der Waals surface area contributed by atoms with Crippen LogP contribution in [0.1, 0.15) is 42.4 Å².